The summed E-state index contributed by atoms with van der Waals surface area (Å²) in [6, 6.07) is 10.2. The first-order valence-corrected chi connectivity index (χ1v) is 10.1. The molecule has 0 aliphatic heterocycles. The lowest BCUT2D eigenvalue weighted by molar-refractivity contribution is -0.137. The number of thioether (sulfide) groups is 1. The summed E-state index contributed by atoms with van der Waals surface area (Å²) in [7, 11) is 0. The third-order valence-electron chi connectivity index (χ3n) is 4.79. The Morgan fingerprint density at radius 3 is 2.46 bits per heavy atom. The number of nitrogens with zero attached hydrogens (tertiary/aromatic N) is 1. The molecule has 0 aliphatic rings. The quantitative estimate of drug-likeness (QED) is 0.467. The van der Waals surface area contributed by atoms with Crippen molar-refractivity contribution < 1.29 is 17.6 Å². The highest BCUT2D eigenvalue weighted by atomic mass is 32.2. The maximum absolute atomic E-state index is 14.2. The van der Waals surface area contributed by atoms with Crippen molar-refractivity contribution in [1.82, 2.24) is 4.98 Å². The van der Waals surface area contributed by atoms with E-state index in [1.54, 1.807) is 12.3 Å². The van der Waals surface area contributed by atoms with Gasteiger partial charge in [0.05, 0.1) is 17.1 Å². The molecule has 0 bridgehead atoms. The molecule has 2 nitrogen and oxygen atoms in total. The second-order valence-corrected chi connectivity index (χ2v) is 7.36. The van der Waals surface area contributed by atoms with Crippen molar-refractivity contribution in [3.63, 3.8) is 0 Å². The number of aromatic nitrogens is 1. The number of hydrogen-bond acceptors (Lipinski definition) is 2. The van der Waals surface area contributed by atoms with Crippen molar-refractivity contribution in [2.24, 2.45) is 0 Å². The van der Waals surface area contributed by atoms with Crippen LogP contribution in [0.2, 0.25) is 0 Å². The molecule has 0 radical (unpaired) electrons. The van der Waals surface area contributed by atoms with Gasteiger partial charge in [0.2, 0.25) is 0 Å². The van der Waals surface area contributed by atoms with Gasteiger partial charge in [0.1, 0.15) is 5.82 Å². The lowest BCUT2D eigenvalue weighted by atomic mass is 9.86. The lowest BCUT2D eigenvalue weighted by Gasteiger charge is -2.17. The zero-order valence-electron chi connectivity index (χ0n) is 15.1. The van der Waals surface area contributed by atoms with E-state index in [0.717, 1.165) is 23.1 Å². The van der Waals surface area contributed by atoms with E-state index in [9.17, 15) is 17.6 Å². The number of halogens is 4. The van der Waals surface area contributed by atoms with E-state index in [2.05, 4.69) is 11.1 Å². The minimum atomic E-state index is -4.40. The van der Waals surface area contributed by atoms with Gasteiger partial charge in [0.15, 0.2) is 0 Å². The third kappa shape index (κ3) is 4.02. The van der Waals surface area contributed by atoms with Gasteiger partial charge >= 0.3 is 6.18 Å². The maximum atomic E-state index is 14.2. The SMILES string of the molecule is CSCc1c(F)ccc2c(C(CCC#N)c3ccc(C(F)(F)F)cc3)c[nH]c12. The van der Waals surface area contributed by atoms with Crippen molar-refractivity contribution in [2.75, 3.05) is 6.26 Å². The van der Waals surface area contributed by atoms with Gasteiger partial charge in [-0.05, 0) is 48.1 Å². The van der Waals surface area contributed by atoms with Crippen molar-refractivity contribution in [1.29, 1.82) is 5.26 Å². The topological polar surface area (TPSA) is 39.6 Å². The van der Waals surface area contributed by atoms with Gasteiger partial charge in [0, 0.05) is 35.2 Å². The number of hydrogen-bond donors (Lipinski definition) is 1. The van der Waals surface area contributed by atoms with Crippen LogP contribution in [0.25, 0.3) is 10.9 Å². The molecule has 3 rings (SSSR count). The average molecular weight is 406 g/mol. The largest absolute Gasteiger partial charge is 0.416 e. The normalized spacial score (nSPS) is 12.9. The van der Waals surface area contributed by atoms with Crippen LogP contribution in [-0.2, 0) is 11.9 Å². The molecule has 1 N–H and O–H groups in total. The van der Waals surface area contributed by atoms with Gasteiger partial charge in [-0.1, -0.05) is 12.1 Å². The summed E-state index contributed by atoms with van der Waals surface area (Å²) < 4.78 is 52.8. The Bertz CT molecular complexity index is 1000. The van der Waals surface area contributed by atoms with Crippen LogP contribution in [0, 0.1) is 17.1 Å². The molecule has 0 saturated heterocycles. The highest BCUT2D eigenvalue weighted by Crippen LogP contribution is 2.37. The van der Waals surface area contributed by atoms with Crippen LogP contribution in [0.3, 0.4) is 0 Å². The predicted molar refractivity (Wildman–Crippen MR) is 104 cm³/mol. The lowest BCUT2D eigenvalue weighted by Crippen LogP contribution is -2.06. The Kier molecular flexibility index (Phi) is 5.99. The summed E-state index contributed by atoms with van der Waals surface area (Å²) in [5.41, 5.74) is 2.10. The second-order valence-electron chi connectivity index (χ2n) is 6.49. The number of aromatic amines is 1. The summed E-state index contributed by atoms with van der Waals surface area (Å²) in [4.78, 5) is 3.13. The Morgan fingerprint density at radius 2 is 1.86 bits per heavy atom. The van der Waals surface area contributed by atoms with E-state index < -0.39 is 11.7 Å². The monoisotopic (exact) mass is 406 g/mol. The molecule has 3 aromatic rings. The molecule has 28 heavy (non-hydrogen) atoms. The standard InChI is InChI=1S/C21H18F4N2S/c1-28-12-18-19(22)9-8-16-17(11-27-20(16)18)15(3-2-10-26)13-4-6-14(7-5-13)21(23,24)25/h4-9,11,15,27H,2-3,12H2,1H3. The van der Waals surface area contributed by atoms with Gasteiger partial charge in [-0.15, -0.1) is 0 Å². The van der Waals surface area contributed by atoms with Crippen LogP contribution in [0.1, 0.15) is 41.0 Å². The Hall–Kier alpha value is -2.46. The fraction of sp³-hybridized carbons (Fsp3) is 0.286. The van der Waals surface area contributed by atoms with Crippen molar-refractivity contribution in [3.05, 3.63) is 70.7 Å². The van der Waals surface area contributed by atoms with E-state index in [1.165, 1.54) is 30.0 Å². The van der Waals surface area contributed by atoms with Crippen molar-refractivity contribution in [2.45, 2.75) is 30.7 Å². The number of H-pyrrole nitrogens is 1. The van der Waals surface area contributed by atoms with E-state index in [1.807, 2.05) is 6.26 Å². The van der Waals surface area contributed by atoms with E-state index in [4.69, 9.17) is 5.26 Å². The molecule has 7 heteroatoms. The van der Waals surface area contributed by atoms with Crippen LogP contribution in [-0.4, -0.2) is 11.2 Å². The first-order valence-electron chi connectivity index (χ1n) is 8.68. The zero-order chi connectivity index (χ0) is 20.3. The average Bonchev–Trinajstić information content (AvgIpc) is 3.08. The molecular formula is C21H18F4N2S. The number of fused-ring (bicyclic) bond motifs is 1. The Morgan fingerprint density at radius 1 is 1.14 bits per heavy atom. The zero-order valence-corrected chi connectivity index (χ0v) is 15.9. The molecule has 146 valence electrons. The number of alkyl halides is 3. The number of rotatable bonds is 6. The third-order valence-corrected chi connectivity index (χ3v) is 5.37. The van der Waals surface area contributed by atoms with Gasteiger partial charge in [0.25, 0.3) is 0 Å². The summed E-state index contributed by atoms with van der Waals surface area (Å²) >= 11 is 1.51. The van der Waals surface area contributed by atoms with E-state index in [-0.39, 0.29) is 18.2 Å². The van der Waals surface area contributed by atoms with Crippen LogP contribution in [0.4, 0.5) is 17.6 Å². The molecule has 1 aromatic heterocycles. The molecule has 0 fully saturated rings. The Labute approximate surface area is 164 Å². The molecule has 1 heterocycles. The Balaban J connectivity index is 2.08. The molecule has 0 amide bonds. The minimum Gasteiger partial charge on any atom is -0.361 e. The van der Waals surface area contributed by atoms with E-state index in [0.29, 0.717) is 28.8 Å². The molecule has 0 spiro atoms. The number of nitriles is 1. The van der Waals surface area contributed by atoms with Gasteiger partial charge in [-0.2, -0.15) is 30.2 Å². The van der Waals surface area contributed by atoms with E-state index >= 15 is 0 Å². The maximum Gasteiger partial charge on any atom is 0.416 e. The minimum absolute atomic E-state index is 0.261. The molecule has 0 saturated carbocycles. The molecule has 2 aromatic carbocycles. The highest BCUT2D eigenvalue weighted by molar-refractivity contribution is 7.97. The first-order chi connectivity index (χ1) is 13.4. The predicted octanol–water partition coefficient (Wildman–Crippen LogP) is 6.62. The van der Waals surface area contributed by atoms with Crippen LogP contribution in [0.5, 0.6) is 0 Å². The van der Waals surface area contributed by atoms with Crippen molar-refractivity contribution in [3.8, 4) is 6.07 Å². The summed E-state index contributed by atoms with van der Waals surface area (Å²) in [5.74, 6) is -0.0478. The first kappa shape index (κ1) is 20.3. The van der Waals surface area contributed by atoms with Crippen LogP contribution in [0.15, 0.2) is 42.6 Å². The smallest absolute Gasteiger partial charge is 0.361 e. The van der Waals surface area contributed by atoms with Crippen LogP contribution < -0.4 is 0 Å². The summed E-state index contributed by atoms with van der Waals surface area (Å²) in [6.07, 6.45) is -0.0132. The van der Waals surface area contributed by atoms with Gasteiger partial charge in [-0.25, -0.2) is 4.39 Å². The summed E-state index contributed by atoms with van der Waals surface area (Å²) in [5, 5.41) is 9.84. The fourth-order valence-corrected chi connectivity index (χ4v) is 4.02. The van der Waals surface area contributed by atoms with Crippen LogP contribution >= 0.6 is 11.8 Å². The fourth-order valence-electron chi connectivity index (χ4n) is 3.44. The van der Waals surface area contributed by atoms with Gasteiger partial charge in [-0.3, -0.25) is 0 Å². The molecule has 1 unspecified atom stereocenters. The number of nitrogens with one attached hydrogen (secondary N) is 1. The number of benzene rings is 2. The van der Waals surface area contributed by atoms with Gasteiger partial charge < -0.3 is 4.98 Å². The summed E-state index contributed by atoms with van der Waals surface area (Å²) in [6.45, 7) is 0. The highest BCUT2D eigenvalue weighted by Gasteiger charge is 2.30. The molecular weight excluding hydrogens is 388 g/mol. The second kappa shape index (κ2) is 8.27. The van der Waals surface area contributed by atoms with Crippen molar-refractivity contribution >= 4 is 22.7 Å². The molecule has 0 aliphatic carbocycles. The molecule has 1 atom stereocenters.